The minimum atomic E-state index is -0.352. The smallest absolute Gasteiger partial charge is 0.333 e. The van der Waals surface area contributed by atoms with Crippen molar-refractivity contribution in [1.29, 1.82) is 0 Å². The summed E-state index contributed by atoms with van der Waals surface area (Å²) in [5.74, 6) is 1.16. The molecular weight excluding hydrogens is 461 g/mol. The molecule has 0 bridgehead atoms. The SMILES string of the molecule is CC(C)c1cn(C)c(=O)n1-c1ccnc(NC2(c3cn(-c4cc(Cl)cc(Cl)c4)cn3)CC2)n1. The normalized spacial score (nSPS) is 14.6. The Balaban J connectivity index is 1.45. The maximum atomic E-state index is 12.7. The Hall–Kier alpha value is -3.10. The van der Waals surface area contributed by atoms with Crippen molar-refractivity contribution in [1.82, 2.24) is 28.7 Å². The van der Waals surface area contributed by atoms with Crippen molar-refractivity contribution >= 4 is 29.2 Å². The summed E-state index contributed by atoms with van der Waals surface area (Å²) in [6.45, 7) is 4.10. The molecule has 1 aromatic carbocycles. The van der Waals surface area contributed by atoms with Gasteiger partial charge in [-0.25, -0.2) is 19.3 Å². The number of halogens is 2. The highest BCUT2D eigenvalue weighted by molar-refractivity contribution is 6.34. The summed E-state index contributed by atoms with van der Waals surface area (Å²) >= 11 is 12.3. The summed E-state index contributed by atoms with van der Waals surface area (Å²) in [5.41, 5.74) is 2.13. The highest BCUT2D eigenvalue weighted by atomic mass is 35.5. The van der Waals surface area contributed by atoms with E-state index in [-0.39, 0.29) is 17.1 Å². The molecule has 1 N–H and O–H groups in total. The number of aryl methyl sites for hydroxylation is 1. The number of hydrogen-bond donors (Lipinski definition) is 1. The lowest BCUT2D eigenvalue weighted by Gasteiger charge is -2.16. The standard InChI is InChI=1S/C23H23Cl2N7O/c1-14(2)18-11-30(3)22(33)32(18)20-4-7-26-21(28-20)29-23(5-6-23)19-12-31(13-27-19)17-9-15(24)8-16(25)10-17/h4,7-14H,5-6H2,1-3H3,(H,26,28,29). The molecule has 1 saturated carbocycles. The molecule has 0 amide bonds. The van der Waals surface area contributed by atoms with E-state index >= 15 is 0 Å². The molecule has 4 aromatic rings. The van der Waals surface area contributed by atoms with E-state index in [9.17, 15) is 4.79 Å². The van der Waals surface area contributed by atoms with Crippen molar-refractivity contribution < 1.29 is 0 Å². The van der Waals surface area contributed by atoms with E-state index in [2.05, 4.69) is 20.3 Å². The number of nitrogens with zero attached hydrogens (tertiary/aromatic N) is 6. The molecule has 0 spiro atoms. The minimum absolute atomic E-state index is 0.136. The van der Waals surface area contributed by atoms with Gasteiger partial charge in [0.05, 0.1) is 17.6 Å². The summed E-state index contributed by atoms with van der Waals surface area (Å²) in [6.07, 6.45) is 9.02. The van der Waals surface area contributed by atoms with Gasteiger partial charge in [-0.05, 0) is 37.0 Å². The maximum absolute atomic E-state index is 12.7. The average molecular weight is 484 g/mol. The lowest BCUT2D eigenvalue weighted by molar-refractivity contribution is 0.740. The third kappa shape index (κ3) is 4.05. The minimum Gasteiger partial charge on any atom is -0.343 e. The number of benzene rings is 1. The maximum Gasteiger partial charge on any atom is 0.333 e. The van der Waals surface area contributed by atoms with Crippen molar-refractivity contribution in [3.8, 4) is 11.5 Å². The highest BCUT2D eigenvalue weighted by Gasteiger charge is 2.47. The summed E-state index contributed by atoms with van der Waals surface area (Å²) in [5, 5.41) is 4.57. The van der Waals surface area contributed by atoms with Crippen LogP contribution >= 0.6 is 23.2 Å². The summed E-state index contributed by atoms with van der Waals surface area (Å²) in [6, 6.07) is 7.11. The molecular formula is C23H23Cl2N7O. The number of anilines is 1. The van der Waals surface area contributed by atoms with Crippen LogP contribution in [0.4, 0.5) is 5.95 Å². The van der Waals surface area contributed by atoms with E-state index in [1.807, 2.05) is 42.9 Å². The largest absolute Gasteiger partial charge is 0.343 e. The lowest BCUT2D eigenvalue weighted by atomic mass is 10.1. The molecule has 8 nitrogen and oxygen atoms in total. The molecule has 0 atom stereocenters. The number of hydrogen-bond acceptors (Lipinski definition) is 5. The zero-order chi connectivity index (χ0) is 23.3. The van der Waals surface area contributed by atoms with Crippen LogP contribution < -0.4 is 11.0 Å². The molecule has 3 heterocycles. The Bertz CT molecular complexity index is 1380. The van der Waals surface area contributed by atoms with Crippen LogP contribution in [-0.4, -0.2) is 28.7 Å². The lowest BCUT2D eigenvalue weighted by Crippen LogP contribution is -2.25. The van der Waals surface area contributed by atoms with Gasteiger partial charge in [-0.1, -0.05) is 37.0 Å². The predicted molar refractivity (Wildman–Crippen MR) is 129 cm³/mol. The Labute approximate surface area is 200 Å². The summed E-state index contributed by atoms with van der Waals surface area (Å²) < 4.78 is 5.10. The first kappa shape index (κ1) is 21.7. The van der Waals surface area contributed by atoms with Crippen LogP contribution in [-0.2, 0) is 12.6 Å². The van der Waals surface area contributed by atoms with Gasteiger partial charge in [0.2, 0.25) is 5.95 Å². The molecule has 33 heavy (non-hydrogen) atoms. The zero-order valence-electron chi connectivity index (χ0n) is 18.5. The van der Waals surface area contributed by atoms with Gasteiger partial charge in [0.25, 0.3) is 0 Å². The van der Waals surface area contributed by atoms with Crippen LogP contribution in [0.2, 0.25) is 10.0 Å². The second-order valence-electron chi connectivity index (χ2n) is 8.68. The Morgan fingerprint density at radius 2 is 1.82 bits per heavy atom. The van der Waals surface area contributed by atoms with Crippen LogP contribution in [0.1, 0.15) is 44.0 Å². The van der Waals surface area contributed by atoms with Crippen LogP contribution in [0.3, 0.4) is 0 Å². The molecule has 10 heteroatoms. The molecule has 0 aliphatic heterocycles. The summed E-state index contributed by atoms with van der Waals surface area (Å²) in [7, 11) is 1.74. The molecule has 170 valence electrons. The topological polar surface area (TPSA) is 82.6 Å². The van der Waals surface area contributed by atoms with Gasteiger partial charge < -0.3 is 14.5 Å². The van der Waals surface area contributed by atoms with Gasteiger partial charge in [0.15, 0.2) is 0 Å². The monoisotopic (exact) mass is 483 g/mol. The number of rotatable bonds is 6. The molecule has 3 aromatic heterocycles. The third-order valence-corrected chi connectivity index (χ3v) is 6.29. The molecule has 0 saturated heterocycles. The van der Waals surface area contributed by atoms with Crippen molar-refractivity contribution in [2.45, 2.75) is 38.1 Å². The first-order valence-corrected chi connectivity index (χ1v) is 11.4. The predicted octanol–water partition coefficient (Wildman–Crippen LogP) is 4.68. The van der Waals surface area contributed by atoms with Gasteiger partial charge in [-0.3, -0.25) is 0 Å². The fourth-order valence-corrected chi connectivity index (χ4v) is 4.45. The fraction of sp³-hybridized carbons (Fsp3) is 0.304. The van der Waals surface area contributed by atoms with Gasteiger partial charge in [-0.2, -0.15) is 4.98 Å². The Morgan fingerprint density at radius 1 is 1.09 bits per heavy atom. The Kier molecular flexibility index (Phi) is 5.29. The number of nitrogens with one attached hydrogen (secondary N) is 1. The Morgan fingerprint density at radius 3 is 2.48 bits per heavy atom. The van der Waals surface area contributed by atoms with Crippen LogP contribution in [0.5, 0.6) is 0 Å². The van der Waals surface area contributed by atoms with Gasteiger partial charge in [0.1, 0.15) is 5.82 Å². The second-order valence-corrected chi connectivity index (χ2v) is 9.55. The molecule has 1 aliphatic rings. The van der Waals surface area contributed by atoms with E-state index in [0.29, 0.717) is 21.8 Å². The van der Waals surface area contributed by atoms with E-state index in [1.165, 1.54) is 0 Å². The fourth-order valence-electron chi connectivity index (χ4n) is 3.93. The van der Waals surface area contributed by atoms with Crippen LogP contribution in [0, 0.1) is 0 Å². The van der Waals surface area contributed by atoms with Gasteiger partial charge >= 0.3 is 5.69 Å². The first-order valence-electron chi connectivity index (χ1n) is 10.7. The third-order valence-electron chi connectivity index (χ3n) is 5.86. The van der Waals surface area contributed by atoms with Gasteiger partial charge in [-0.15, -0.1) is 0 Å². The molecule has 0 unspecified atom stereocenters. The van der Waals surface area contributed by atoms with Crippen LogP contribution in [0.15, 0.2) is 54.0 Å². The molecule has 5 rings (SSSR count). The van der Waals surface area contributed by atoms with Crippen molar-refractivity contribution in [2.75, 3.05) is 5.32 Å². The van der Waals surface area contributed by atoms with Crippen LogP contribution in [0.25, 0.3) is 11.5 Å². The number of imidazole rings is 2. The van der Waals surface area contributed by atoms with Crippen molar-refractivity contribution in [3.05, 3.63) is 81.1 Å². The van der Waals surface area contributed by atoms with E-state index in [0.717, 1.165) is 29.9 Å². The average Bonchev–Trinajstić information content (AvgIpc) is 3.23. The quantitative estimate of drug-likeness (QED) is 0.430. The van der Waals surface area contributed by atoms with Crippen molar-refractivity contribution in [2.24, 2.45) is 7.05 Å². The molecule has 0 radical (unpaired) electrons. The molecule has 1 fully saturated rings. The summed E-state index contributed by atoms with van der Waals surface area (Å²) in [4.78, 5) is 26.4. The van der Waals surface area contributed by atoms with E-state index in [1.54, 1.807) is 40.8 Å². The van der Waals surface area contributed by atoms with Gasteiger partial charge in [0, 0.05) is 53.1 Å². The van der Waals surface area contributed by atoms with E-state index < -0.39 is 0 Å². The highest BCUT2D eigenvalue weighted by Crippen LogP contribution is 2.47. The van der Waals surface area contributed by atoms with E-state index in [4.69, 9.17) is 23.2 Å². The molecule has 1 aliphatic carbocycles. The first-order chi connectivity index (χ1) is 15.8. The van der Waals surface area contributed by atoms with Crippen molar-refractivity contribution in [3.63, 3.8) is 0 Å². The number of aromatic nitrogens is 6. The second kappa shape index (κ2) is 8.04. The zero-order valence-corrected chi connectivity index (χ0v) is 20.0.